The van der Waals surface area contributed by atoms with E-state index in [4.69, 9.17) is 14.3 Å². The van der Waals surface area contributed by atoms with Gasteiger partial charge in [-0.1, -0.05) is 25.5 Å². The highest BCUT2D eigenvalue weighted by atomic mass is 16.5. The van der Waals surface area contributed by atoms with Gasteiger partial charge in [-0.2, -0.15) is 0 Å². The molecule has 8 atom stereocenters. The fourth-order valence-corrected chi connectivity index (χ4v) is 8.07. The highest BCUT2D eigenvalue weighted by Crippen LogP contribution is 2.71. The third-order valence-corrected chi connectivity index (χ3v) is 10.1. The molecule has 5 rings (SSSR count). The largest absolute Gasteiger partial charge is 0.472 e. The Hall–Kier alpha value is -1.18. The molecule has 3 saturated carbocycles. The summed E-state index contributed by atoms with van der Waals surface area (Å²) in [5, 5.41) is 42.7. The van der Waals surface area contributed by atoms with E-state index in [2.05, 4.69) is 19.9 Å². The Labute approximate surface area is 190 Å². The summed E-state index contributed by atoms with van der Waals surface area (Å²) in [6.07, 6.45) is 11.3. The molecule has 0 spiro atoms. The van der Waals surface area contributed by atoms with Crippen molar-refractivity contribution < 1.29 is 29.6 Å². The molecule has 0 aliphatic heterocycles. The first-order valence-corrected chi connectivity index (χ1v) is 12.3. The highest BCUT2D eigenvalue weighted by molar-refractivity contribution is 5.33. The van der Waals surface area contributed by atoms with Crippen LogP contribution in [0.2, 0.25) is 0 Å². The van der Waals surface area contributed by atoms with Crippen LogP contribution in [0.25, 0.3) is 0 Å². The summed E-state index contributed by atoms with van der Waals surface area (Å²) in [5.74, 6) is 0.550. The number of allylic oxidation sites excluding steroid dienone is 1. The SMILES string of the molecule is C[C@]12CC[C@H]3[C@@H](CCC4=C[C@@H](OCC(O)CO)CC[C@@]43C)[C@@]1(O)CC[C@]2(O)c1ccoc1. The first-order chi connectivity index (χ1) is 15.2. The third kappa shape index (κ3) is 2.96. The van der Waals surface area contributed by atoms with Crippen molar-refractivity contribution in [2.75, 3.05) is 13.2 Å². The Balaban J connectivity index is 1.41. The van der Waals surface area contributed by atoms with E-state index in [0.717, 1.165) is 44.1 Å². The van der Waals surface area contributed by atoms with Crippen LogP contribution in [0.4, 0.5) is 0 Å². The minimum atomic E-state index is -1.06. The molecule has 32 heavy (non-hydrogen) atoms. The number of hydrogen-bond donors (Lipinski definition) is 4. The molecule has 0 saturated heterocycles. The van der Waals surface area contributed by atoms with Crippen LogP contribution in [-0.2, 0) is 10.3 Å². The zero-order valence-corrected chi connectivity index (χ0v) is 19.3. The standard InChI is InChI=1S/C26H38O6/c1-23-8-5-20(32-16-19(28)14-27)13-17(23)3-4-22-21(23)6-9-24(2)25(29,10-11-26(22,24)30)18-7-12-31-15-18/h7,12-13,15,19-22,27-30H,3-6,8-11,14,16H2,1-2H3/t19?,20-,21-,22+,23-,24+,25-,26-/m0/s1. The van der Waals surface area contributed by atoms with E-state index in [1.807, 2.05) is 6.07 Å². The van der Waals surface area contributed by atoms with E-state index in [-0.39, 0.29) is 30.7 Å². The normalized spacial score (nSPS) is 46.7. The smallest absolute Gasteiger partial charge is 0.101 e. The molecule has 1 aromatic rings. The van der Waals surface area contributed by atoms with Crippen molar-refractivity contribution in [1.82, 2.24) is 0 Å². The number of hydrogen-bond acceptors (Lipinski definition) is 6. The van der Waals surface area contributed by atoms with E-state index in [9.17, 15) is 15.3 Å². The summed E-state index contributed by atoms with van der Waals surface area (Å²) in [4.78, 5) is 0. The van der Waals surface area contributed by atoms with Crippen molar-refractivity contribution in [3.05, 3.63) is 35.8 Å². The first kappa shape index (κ1) is 22.6. The van der Waals surface area contributed by atoms with E-state index < -0.39 is 22.7 Å². The van der Waals surface area contributed by atoms with Crippen LogP contribution in [-0.4, -0.2) is 51.4 Å². The third-order valence-electron chi connectivity index (χ3n) is 10.1. The number of aliphatic hydroxyl groups is 4. The molecule has 3 fully saturated rings. The highest BCUT2D eigenvalue weighted by Gasteiger charge is 2.71. The average molecular weight is 447 g/mol. The zero-order valence-electron chi connectivity index (χ0n) is 19.3. The molecule has 4 aliphatic rings. The van der Waals surface area contributed by atoms with E-state index in [1.54, 1.807) is 12.5 Å². The van der Waals surface area contributed by atoms with Gasteiger partial charge in [0.25, 0.3) is 0 Å². The summed E-state index contributed by atoms with van der Waals surface area (Å²) in [7, 11) is 0. The fraction of sp³-hybridized carbons (Fsp3) is 0.769. The maximum atomic E-state index is 12.2. The average Bonchev–Trinajstić information content (AvgIpc) is 3.39. The van der Waals surface area contributed by atoms with Crippen LogP contribution in [0.5, 0.6) is 0 Å². The molecule has 6 heteroatoms. The van der Waals surface area contributed by atoms with Crippen LogP contribution in [0, 0.1) is 22.7 Å². The monoisotopic (exact) mass is 446 g/mol. The van der Waals surface area contributed by atoms with E-state index >= 15 is 0 Å². The van der Waals surface area contributed by atoms with Gasteiger partial charge in [0.1, 0.15) is 11.7 Å². The number of aliphatic hydroxyl groups excluding tert-OH is 2. The van der Waals surface area contributed by atoms with Gasteiger partial charge in [-0.25, -0.2) is 0 Å². The van der Waals surface area contributed by atoms with Crippen molar-refractivity contribution >= 4 is 0 Å². The molecule has 6 nitrogen and oxygen atoms in total. The molecule has 1 aromatic heterocycles. The van der Waals surface area contributed by atoms with Crippen LogP contribution in [0.1, 0.15) is 70.8 Å². The summed E-state index contributed by atoms with van der Waals surface area (Å²) in [6.45, 7) is 4.32. The lowest BCUT2D eigenvalue weighted by Crippen LogP contribution is -2.63. The van der Waals surface area contributed by atoms with Crippen molar-refractivity contribution in [3.8, 4) is 0 Å². The van der Waals surface area contributed by atoms with Crippen LogP contribution in [0.3, 0.4) is 0 Å². The Morgan fingerprint density at radius 3 is 2.62 bits per heavy atom. The van der Waals surface area contributed by atoms with Gasteiger partial charge in [-0.05, 0) is 74.7 Å². The second-order valence-corrected chi connectivity index (χ2v) is 11.3. The van der Waals surface area contributed by atoms with Gasteiger partial charge >= 0.3 is 0 Å². The molecule has 0 aromatic carbocycles. The Morgan fingerprint density at radius 1 is 1.09 bits per heavy atom. The summed E-state index contributed by atoms with van der Waals surface area (Å²) < 4.78 is 11.2. The summed E-state index contributed by atoms with van der Waals surface area (Å²) in [6, 6.07) is 1.85. The Morgan fingerprint density at radius 2 is 1.91 bits per heavy atom. The maximum Gasteiger partial charge on any atom is 0.101 e. The van der Waals surface area contributed by atoms with Crippen molar-refractivity contribution in [2.24, 2.45) is 22.7 Å². The maximum absolute atomic E-state index is 12.2. The molecule has 1 unspecified atom stereocenters. The molecule has 4 N–H and O–H groups in total. The Bertz CT molecular complexity index is 866. The predicted molar refractivity (Wildman–Crippen MR) is 119 cm³/mol. The van der Waals surface area contributed by atoms with Gasteiger partial charge in [0.05, 0.1) is 37.4 Å². The second kappa shape index (κ2) is 7.67. The van der Waals surface area contributed by atoms with Gasteiger partial charge in [-0.3, -0.25) is 0 Å². The predicted octanol–water partition coefficient (Wildman–Crippen LogP) is 3.28. The van der Waals surface area contributed by atoms with Gasteiger partial charge in [-0.15, -0.1) is 0 Å². The molecule has 0 amide bonds. The lowest BCUT2D eigenvalue weighted by molar-refractivity contribution is -0.222. The van der Waals surface area contributed by atoms with Gasteiger partial charge < -0.3 is 29.6 Å². The number of furan rings is 1. The van der Waals surface area contributed by atoms with Crippen molar-refractivity contribution in [1.29, 1.82) is 0 Å². The fourth-order valence-electron chi connectivity index (χ4n) is 8.07. The molecular weight excluding hydrogens is 408 g/mol. The minimum Gasteiger partial charge on any atom is -0.472 e. The van der Waals surface area contributed by atoms with Crippen molar-refractivity contribution in [3.63, 3.8) is 0 Å². The molecule has 0 radical (unpaired) electrons. The number of fused-ring (bicyclic) bond motifs is 5. The molecule has 4 aliphatic carbocycles. The topological polar surface area (TPSA) is 103 Å². The van der Waals surface area contributed by atoms with Crippen molar-refractivity contribution in [2.45, 2.75) is 88.6 Å². The summed E-state index contributed by atoms with van der Waals surface area (Å²) in [5.41, 5.74) is -0.302. The Kier molecular flexibility index (Phi) is 5.42. The second-order valence-electron chi connectivity index (χ2n) is 11.3. The van der Waals surface area contributed by atoms with Gasteiger partial charge in [0.2, 0.25) is 0 Å². The molecule has 0 bridgehead atoms. The van der Waals surface area contributed by atoms with Crippen LogP contribution < -0.4 is 0 Å². The van der Waals surface area contributed by atoms with Crippen LogP contribution in [0.15, 0.2) is 34.7 Å². The lowest BCUT2D eigenvalue weighted by Gasteiger charge is -2.62. The van der Waals surface area contributed by atoms with Gasteiger partial charge in [0, 0.05) is 11.0 Å². The minimum absolute atomic E-state index is 0.0227. The number of ether oxygens (including phenoxy) is 1. The lowest BCUT2D eigenvalue weighted by atomic mass is 9.44. The van der Waals surface area contributed by atoms with Gasteiger partial charge in [0.15, 0.2) is 0 Å². The molecular formula is C26H38O6. The number of rotatable bonds is 5. The zero-order chi connectivity index (χ0) is 22.8. The molecule has 178 valence electrons. The first-order valence-electron chi connectivity index (χ1n) is 12.3. The van der Waals surface area contributed by atoms with Crippen LogP contribution >= 0.6 is 0 Å². The molecule has 1 heterocycles. The quantitative estimate of drug-likeness (QED) is 0.518. The summed E-state index contributed by atoms with van der Waals surface area (Å²) >= 11 is 0. The van der Waals surface area contributed by atoms with E-state index in [1.165, 1.54) is 5.57 Å². The van der Waals surface area contributed by atoms with E-state index in [0.29, 0.717) is 18.8 Å².